The zero-order valence-electron chi connectivity index (χ0n) is 36.6. The molecule has 0 aromatic carbocycles. The minimum Gasteiger partial charge on any atom is -0.462 e. The second-order valence-corrected chi connectivity index (χ2v) is 16.6. The Bertz CT molecular complexity index is 943. The normalized spacial score (nSPS) is 20.3. The molecule has 10 nitrogen and oxygen atoms in total. The van der Waals surface area contributed by atoms with Gasteiger partial charge in [-0.05, 0) is 38.5 Å². The highest BCUT2D eigenvalue weighted by molar-refractivity contribution is 5.70. The number of hydrogen-bond donors (Lipinski definition) is 4. The van der Waals surface area contributed by atoms with Crippen molar-refractivity contribution < 1.29 is 49.0 Å². The molecule has 336 valence electrons. The number of ether oxygens (including phenoxy) is 4. The second-order valence-electron chi connectivity index (χ2n) is 16.6. The van der Waals surface area contributed by atoms with E-state index in [1.54, 1.807) is 0 Å². The third-order valence-electron chi connectivity index (χ3n) is 11.2. The van der Waals surface area contributed by atoms with E-state index in [2.05, 4.69) is 26.0 Å². The summed E-state index contributed by atoms with van der Waals surface area (Å²) in [6.45, 7) is 3.44. The Kier molecular flexibility index (Phi) is 36.2. The summed E-state index contributed by atoms with van der Waals surface area (Å²) in [7, 11) is 0. The molecule has 0 aliphatic carbocycles. The largest absolute Gasteiger partial charge is 0.462 e. The summed E-state index contributed by atoms with van der Waals surface area (Å²) in [5.74, 6) is -0.804. The first-order chi connectivity index (χ1) is 27.8. The Morgan fingerprint density at radius 1 is 0.526 bits per heavy atom. The van der Waals surface area contributed by atoms with Gasteiger partial charge in [0, 0.05) is 12.8 Å². The third kappa shape index (κ3) is 30.2. The molecule has 1 saturated heterocycles. The number of rotatable bonds is 40. The van der Waals surface area contributed by atoms with E-state index in [9.17, 15) is 30.0 Å². The highest BCUT2D eigenvalue weighted by atomic mass is 16.7. The van der Waals surface area contributed by atoms with Crippen LogP contribution in [0.5, 0.6) is 0 Å². The van der Waals surface area contributed by atoms with Gasteiger partial charge in [0.2, 0.25) is 0 Å². The summed E-state index contributed by atoms with van der Waals surface area (Å²) in [6, 6.07) is 0. The molecule has 0 bridgehead atoms. The van der Waals surface area contributed by atoms with Crippen molar-refractivity contribution in [3.05, 3.63) is 12.2 Å². The van der Waals surface area contributed by atoms with E-state index < -0.39 is 49.4 Å². The lowest BCUT2D eigenvalue weighted by Crippen LogP contribution is -2.59. The molecule has 2 unspecified atom stereocenters. The second kappa shape index (κ2) is 38.6. The summed E-state index contributed by atoms with van der Waals surface area (Å²) in [5, 5.41) is 40.1. The van der Waals surface area contributed by atoms with Gasteiger partial charge < -0.3 is 39.4 Å². The van der Waals surface area contributed by atoms with Crippen molar-refractivity contribution in [1.82, 2.24) is 0 Å². The summed E-state index contributed by atoms with van der Waals surface area (Å²) in [5.41, 5.74) is 0. The Morgan fingerprint density at radius 3 is 1.37 bits per heavy atom. The number of carbonyl (C=O) groups excluding carboxylic acids is 2. The molecular weight excluding hydrogens is 725 g/mol. The van der Waals surface area contributed by atoms with Gasteiger partial charge in [0.1, 0.15) is 31.0 Å². The maximum absolute atomic E-state index is 12.8. The van der Waals surface area contributed by atoms with Gasteiger partial charge in [-0.1, -0.05) is 180 Å². The van der Waals surface area contributed by atoms with E-state index in [1.165, 1.54) is 128 Å². The molecule has 4 N–H and O–H groups in total. The van der Waals surface area contributed by atoms with Gasteiger partial charge in [-0.2, -0.15) is 0 Å². The zero-order valence-corrected chi connectivity index (χ0v) is 36.6. The first-order valence-electron chi connectivity index (χ1n) is 23.8. The van der Waals surface area contributed by atoms with E-state index in [0.717, 1.165) is 57.8 Å². The molecule has 57 heavy (non-hydrogen) atoms. The van der Waals surface area contributed by atoms with Crippen LogP contribution in [0.3, 0.4) is 0 Å². The van der Waals surface area contributed by atoms with Crippen molar-refractivity contribution in [2.24, 2.45) is 0 Å². The number of hydrogen-bond acceptors (Lipinski definition) is 10. The minimum absolute atomic E-state index is 0.216. The average Bonchev–Trinajstić information content (AvgIpc) is 3.21. The van der Waals surface area contributed by atoms with Crippen LogP contribution in [0.4, 0.5) is 0 Å². The SMILES string of the molecule is CCCCCCCC/C=C/CCCCCCCC(=O)OC[C@H](CO[C@@H]1O[C@H](CO)[C@H](O)C(O)C1O)OC(=O)CCCCCCCCCCCCCCCCCCC. The predicted octanol–water partition coefficient (Wildman–Crippen LogP) is 10.3. The summed E-state index contributed by atoms with van der Waals surface area (Å²) in [4.78, 5) is 25.4. The van der Waals surface area contributed by atoms with Gasteiger partial charge in [0.05, 0.1) is 13.2 Å². The molecule has 0 aromatic heterocycles. The van der Waals surface area contributed by atoms with E-state index >= 15 is 0 Å². The van der Waals surface area contributed by atoms with Crippen LogP contribution in [0.25, 0.3) is 0 Å². The molecule has 1 rings (SSSR count). The summed E-state index contributed by atoms with van der Waals surface area (Å²) in [6.07, 6.45) is 33.6. The Hall–Kier alpha value is -1.56. The number of allylic oxidation sites excluding steroid dienone is 2. The van der Waals surface area contributed by atoms with Gasteiger partial charge in [-0.25, -0.2) is 0 Å². The van der Waals surface area contributed by atoms with Gasteiger partial charge >= 0.3 is 11.9 Å². The van der Waals surface area contributed by atoms with E-state index in [-0.39, 0.29) is 32.0 Å². The van der Waals surface area contributed by atoms with Crippen LogP contribution in [-0.4, -0.2) is 89.0 Å². The smallest absolute Gasteiger partial charge is 0.306 e. The van der Waals surface area contributed by atoms with Crippen LogP contribution in [-0.2, 0) is 28.5 Å². The maximum Gasteiger partial charge on any atom is 0.306 e. The molecule has 0 saturated carbocycles. The number of unbranched alkanes of at least 4 members (excludes halogenated alkanes) is 27. The molecule has 1 aliphatic rings. The molecule has 6 atom stereocenters. The first kappa shape index (κ1) is 53.5. The van der Waals surface area contributed by atoms with E-state index in [4.69, 9.17) is 18.9 Å². The molecular formula is C47H88O10. The molecule has 0 aromatic rings. The van der Waals surface area contributed by atoms with Gasteiger partial charge in [-0.3, -0.25) is 9.59 Å². The van der Waals surface area contributed by atoms with Crippen molar-refractivity contribution in [3.63, 3.8) is 0 Å². The lowest BCUT2D eigenvalue weighted by atomic mass is 9.99. The topological polar surface area (TPSA) is 152 Å². The van der Waals surface area contributed by atoms with Gasteiger partial charge in [0.15, 0.2) is 12.4 Å². The molecule has 10 heteroatoms. The minimum atomic E-state index is -1.59. The van der Waals surface area contributed by atoms with Crippen LogP contribution in [0.1, 0.15) is 219 Å². The molecule has 0 radical (unpaired) electrons. The van der Waals surface area contributed by atoms with Crippen molar-refractivity contribution in [2.45, 2.75) is 256 Å². The fraction of sp³-hybridized carbons (Fsp3) is 0.915. The Balaban J connectivity index is 2.30. The van der Waals surface area contributed by atoms with Crippen LogP contribution in [0, 0.1) is 0 Å². The van der Waals surface area contributed by atoms with Crippen molar-refractivity contribution in [3.8, 4) is 0 Å². The van der Waals surface area contributed by atoms with Crippen molar-refractivity contribution in [2.75, 3.05) is 19.8 Å². The van der Waals surface area contributed by atoms with Crippen LogP contribution in [0.15, 0.2) is 12.2 Å². The quantitative estimate of drug-likeness (QED) is 0.0267. The van der Waals surface area contributed by atoms with Crippen LogP contribution >= 0.6 is 0 Å². The average molecular weight is 813 g/mol. The lowest BCUT2D eigenvalue weighted by Gasteiger charge is -2.39. The molecule has 1 aliphatic heterocycles. The fourth-order valence-electron chi connectivity index (χ4n) is 7.36. The summed E-state index contributed by atoms with van der Waals surface area (Å²) >= 11 is 0. The monoisotopic (exact) mass is 813 g/mol. The highest BCUT2D eigenvalue weighted by Crippen LogP contribution is 2.23. The zero-order chi connectivity index (χ0) is 41.6. The van der Waals surface area contributed by atoms with Gasteiger partial charge in [0.25, 0.3) is 0 Å². The van der Waals surface area contributed by atoms with Crippen molar-refractivity contribution >= 4 is 11.9 Å². The fourth-order valence-corrected chi connectivity index (χ4v) is 7.36. The Labute approximate surface area is 348 Å². The third-order valence-corrected chi connectivity index (χ3v) is 11.2. The number of esters is 2. The first-order valence-corrected chi connectivity index (χ1v) is 23.8. The van der Waals surface area contributed by atoms with Crippen LogP contribution < -0.4 is 0 Å². The lowest BCUT2D eigenvalue weighted by molar-refractivity contribution is -0.305. The number of aliphatic hydroxyl groups excluding tert-OH is 4. The molecule has 1 fully saturated rings. The number of aliphatic hydroxyl groups is 4. The predicted molar refractivity (Wildman–Crippen MR) is 229 cm³/mol. The molecule has 0 spiro atoms. The van der Waals surface area contributed by atoms with Crippen LogP contribution in [0.2, 0.25) is 0 Å². The van der Waals surface area contributed by atoms with Gasteiger partial charge in [-0.15, -0.1) is 0 Å². The number of carbonyl (C=O) groups is 2. The van der Waals surface area contributed by atoms with Crippen molar-refractivity contribution in [1.29, 1.82) is 0 Å². The molecule has 1 heterocycles. The summed E-state index contributed by atoms with van der Waals surface area (Å²) < 4.78 is 22.2. The van der Waals surface area contributed by atoms with E-state index in [1.807, 2.05) is 0 Å². The standard InChI is InChI=1S/C47H88O10/c1-3-5-7-9-11-13-15-17-19-20-22-24-26-28-30-32-34-36-43(50)56-40(39-55-47-46(53)45(52)44(51)41(37-48)57-47)38-54-42(49)35-33-31-29-27-25-23-21-18-16-14-12-10-8-6-4-2/h18,21,40-41,44-48,51-53H,3-17,19-20,22-39H2,1-2H3/b21-18+/t40-,41-,44+,45?,46?,47-/m1/s1. The van der Waals surface area contributed by atoms with E-state index in [0.29, 0.717) is 6.42 Å². The highest BCUT2D eigenvalue weighted by Gasteiger charge is 2.44. The maximum atomic E-state index is 12.8. The Morgan fingerprint density at radius 2 is 0.930 bits per heavy atom. The molecule has 0 amide bonds.